The maximum atomic E-state index is 5.41. The average molecular weight is 145 g/mol. The number of guanidine groups is 1. The van der Waals surface area contributed by atoms with Crippen LogP contribution < -0.4 is 11.1 Å². The second-order valence-corrected chi connectivity index (χ2v) is 1.79. The van der Waals surface area contributed by atoms with E-state index in [4.69, 9.17) is 10.5 Å². The Morgan fingerprint density at radius 2 is 2.40 bits per heavy atom. The van der Waals surface area contributed by atoms with Gasteiger partial charge in [-0.1, -0.05) is 0 Å². The minimum atomic E-state index is 0.486. The molecule has 0 radical (unpaired) electrons. The fourth-order valence-electron chi connectivity index (χ4n) is 0.494. The van der Waals surface area contributed by atoms with E-state index in [0.29, 0.717) is 19.1 Å². The standard InChI is InChI=1S/C6H15N3O/c1-3-8-6(7)9-4-5-10-2/h3-5H2,1-2H3,(H3,7,8,9). The van der Waals surface area contributed by atoms with Crippen LogP contribution in [0, 0.1) is 0 Å². The van der Waals surface area contributed by atoms with Crippen molar-refractivity contribution in [2.24, 2.45) is 10.7 Å². The highest BCUT2D eigenvalue weighted by molar-refractivity contribution is 5.77. The molecule has 0 spiro atoms. The molecule has 10 heavy (non-hydrogen) atoms. The van der Waals surface area contributed by atoms with Crippen molar-refractivity contribution in [3.63, 3.8) is 0 Å². The Morgan fingerprint density at radius 3 is 2.90 bits per heavy atom. The molecule has 0 fully saturated rings. The van der Waals surface area contributed by atoms with E-state index in [-0.39, 0.29) is 0 Å². The number of aliphatic imine (C=N–C) groups is 1. The van der Waals surface area contributed by atoms with Crippen molar-refractivity contribution in [2.45, 2.75) is 6.92 Å². The highest BCUT2D eigenvalue weighted by Crippen LogP contribution is 1.70. The van der Waals surface area contributed by atoms with Crippen molar-refractivity contribution in [1.29, 1.82) is 0 Å². The fourth-order valence-corrected chi connectivity index (χ4v) is 0.494. The molecule has 0 aromatic carbocycles. The first-order chi connectivity index (χ1) is 4.81. The van der Waals surface area contributed by atoms with E-state index < -0.39 is 0 Å². The third kappa shape index (κ3) is 5.37. The molecule has 0 aliphatic heterocycles. The third-order valence-electron chi connectivity index (χ3n) is 0.935. The normalized spacial score (nSPS) is 11.6. The maximum absolute atomic E-state index is 5.41. The molecule has 0 unspecified atom stereocenters. The summed E-state index contributed by atoms with van der Waals surface area (Å²) in [6, 6.07) is 0. The van der Waals surface area contributed by atoms with Crippen LogP contribution in [0.1, 0.15) is 6.92 Å². The van der Waals surface area contributed by atoms with Gasteiger partial charge in [-0.3, -0.25) is 4.99 Å². The molecular weight excluding hydrogens is 130 g/mol. The minimum Gasteiger partial charge on any atom is -0.383 e. The number of nitrogens with one attached hydrogen (secondary N) is 1. The predicted molar refractivity (Wildman–Crippen MR) is 42.0 cm³/mol. The zero-order valence-electron chi connectivity index (χ0n) is 6.55. The van der Waals surface area contributed by atoms with Crippen molar-refractivity contribution < 1.29 is 4.74 Å². The highest BCUT2D eigenvalue weighted by atomic mass is 16.5. The molecule has 0 atom stereocenters. The molecule has 0 aromatic rings. The van der Waals surface area contributed by atoms with Crippen LogP contribution in [-0.2, 0) is 4.74 Å². The molecule has 3 N–H and O–H groups in total. The van der Waals surface area contributed by atoms with E-state index in [1.165, 1.54) is 0 Å². The van der Waals surface area contributed by atoms with Gasteiger partial charge in [-0.05, 0) is 6.92 Å². The second-order valence-electron chi connectivity index (χ2n) is 1.79. The van der Waals surface area contributed by atoms with E-state index in [1.54, 1.807) is 7.11 Å². The third-order valence-corrected chi connectivity index (χ3v) is 0.935. The van der Waals surface area contributed by atoms with Crippen LogP contribution >= 0.6 is 0 Å². The van der Waals surface area contributed by atoms with Gasteiger partial charge < -0.3 is 15.8 Å². The number of hydrogen-bond donors (Lipinski definition) is 2. The van der Waals surface area contributed by atoms with Crippen LogP contribution in [0.4, 0.5) is 0 Å². The lowest BCUT2D eigenvalue weighted by Crippen LogP contribution is -2.31. The molecule has 4 heteroatoms. The van der Waals surface area contributed by atoms with E-state index in [0.717, 1.165) is 6.54 Å². The van der Waals surface area contributed by atoms with E-state index in [2.05, 4.69) is 10.3 Å². The minimum absolute atomic E-state index is 0.486. The molecule has 0 bridgehead atoms. The number of nitrogens with zero attached hydrogens (tertiary/aromatic N) is 1. The molecule has 0 aliphatic rings. The first kappa shape index (κ1) is 9.23. The Hall–Kier alpha value is -0.770. The Kier molecular flexibility index (Phi) is 5.86. The summed E-state index contributed by atoms with van der Waals surface area (Å²) in [5.74, 6) is 0.486. The molecular formula is C6H15N3O. The molecule has 0 saturated carbocycles. The van der Waals surface area contributed by atoms with Gasteiger partial charge in [-0.2, -0.15) is 0 Å². The van der Waals surface area contributed by atoms with Gasteiger partial charge in [0.2, 0.25) is 0 Å². The predicted octanol–water partition coefficient (Wildman–Crippen LogP) is -0.443. The Bertz CT molecular complexity index is 103. The van der Waals surface area contributed by atoms with Crippen LogP contribution in [0.3, 0.4) is 0 Å². The number of hydrogen-bond acceptors (Lipinski definition) is 2. The molecule has 0 saturated heterocycles. The summed E-state index contributed by atoms with van der Waals surface area (Å²) < 4.78 is 4.78. The summed E-state index contributed by atoms with van der Waals surface area (Å²) in [4.78, 5) is 3.96. The zero-order valence-corrected chi connectivity index (χ0v) is 6.55. The van der Waals surface area contributed by atoms with Gasteiger partial charge >= 0.3 is 0 Å². The van der Waals surface area contributed by atoms with Crippen LogP contribution in [-0.4, -0.2) is 32.8 Å². The Labute approximate surface area is 61.5 Å². The summed E-state index contributed by atoms with van der Waals surface area (Å²) in [7, 11) is 1.64. The largest absolute Gasteiger partial charge is 0.383 e. The Morgan fingerprint density at radius 1 is 1.70 bits per heavy atom. The second kappa shape index (κ2) is 6.35. The van der Waals surface area contributed by atoms with E-state index in [1.807, 2.05) is 6.92 Å². The van der Waals surface area contributed by atoms with Gasteiger partial charge in [0.15, 0.2) is 5.96 Å². The smallest absolute Gasteiger partial charge is 0.188 e. The molecule has 0 amide bonds. The molecule has 0 heterocycles. The first-order valence-electron chi connectivity index (χ1n) is 3.34. The number of nitrogens with two attached hydrogens (primary N) is 1. The molecule has 60 valence electrons. The van der Waals surface area contributed by atoms with Crippen LogP contribution in [0.2, 0.25) is 0 Å². The summed E-state index contributed by atoms with van der Waals surface area (Å²) in [6.45, 7) is 4.02. The first-order valence-corrected chi connectivity index (χ1v) is 3.34. The average Bonchev–Trinajstić information content (AvgIpc) is 1.89. The molecule has 0 aromatic heterocycles. The molecule has 4 nitrogen and oxygen atoms in total. The molecule has 0 rings (SSSR count). The topological polar surface area (TPSA) is 59.6 Å². The van der Waals surface area contributed by atoms with Crippen molar-refractivity contribution in [2.75, 3.05) is 26.8 Å². The lowest BCUT2D eigenvalue weighted by molar-refractivity contribution is 0.208. The van der Waals surface area contributed by atoms with Gasteiger partial charge in [-0.15, -0.1) is 0 Å². The van der Waals surface area contributed by atoms with Crippen molar-refractivity contribution >= 4 is 5.96 Å². The number of ether oxygens (including phenoxy) is 1. The highest BCUT2D eigenvalue weighted by Gasteiger charge is 1.85. The van der Waals surface area contributed by atoms with E-state index in [9.17, 15) is 0 Å². The van der Waals surface area contributed by atoms with Crippen molar-refractivity contribution in [3.05, 3.63) is 0 Å². The summed E-state index contributed by atoms with van der Waals surface area (Å²) >= 11 is 0. The van der Waals surface area contributed by atoms with Gasteiger partial charge in [-0.25, -0.2) is 0 Å². The van der Waals surface area contributed by atoms with Crippen molar-refractivity contribution in [3.8, 4) is 0 Å². The monoisotopic (exact) mass is 145 g/mol. The van der Waals surface area contributed by atoms with E-state index >= 15 is 0 Å². The summed E-state index contributed by atoms with van der Waals surface area (Å²) in [5, 5.41) is 2.88. The lowest BCUT2D eigenvalue weighted by Gasteiger charge is -2.00. The zero-order chi connectivity index (χ0) is 7.82. The van der Waals surface area contributed by atoms with Gasteiger partial charge in [0.25, 0.3) is 0 Å². The van der Waals surface area contributed by atoms with Crippen LogP contribution in [0.25, 0.3) is 0 Å². The SMILES string of the molecule is CCNC(N)=NCCOC. The van der Waals surface area contributed by atoms with Crippen LogP contribution in [0.5, 0.6) is 0 Å². The Balaban J connectivity index is 3.28. The number of rotatable bonds is 4. The summed E-state index contributed by atoms with van der Waals surface area (Å²) in [6.07, 6.45) is 0. The van der Waals surface area contributed by atoms with Gasteiger partial charge in [0.05, 0.1) is 13.2 Å². The maximum Gasteiger partial charge on any atom is 0.188 e. The summed E-state index contributed by atoms with van der Waals surface area (Å²) in [5.41, 5.74) is 5.41. The van der Waals surface area contributed by atoms with Gasteiger partial charge in [0, 0.05) is 13.7 Å². The quantitative estimate of drug-likeness (QED) is 0.320. The molecule has 0 aliphatic carbocycles. The van der Waals surface area contributed by atoms with Crippen LogP contribution in [0.15, 0.2) is 4.99 Å². The number of methoxy groups -OCH3 is 1. The van der Waals surface area contributed by atoms with Gasteiger partial charge in [0.1, 0.15) is 0 Å². The lowest BCUT2D eigenvalue weighted by atomic mass is 10.7. The fraction of sp³-hybridized carbons (Fsp3) is 0.833. The van der Waals surface area contributed by atoms with Crippen molar-refractivity contribution in [1.82, 2.24) is 5.32 Å².